The Balaban J connectivity index is 2.41. The lowest BCUT2D eigenvalue weighted by atomic mass is 10.1. The number of rotatable bonds is 4. The van der Waals surface area contributed by atoms with Gasteiger partial charge in [0.25, 0.3) is 5.91 Å². The first-order chi connectivity index (χ1) is 9.76. The minimum Gasteiger partial charge on any atom is -0.497 e. The largest absolute Gasteiger partial charge is 0.497 e. The van der Waals surface area contributed by atoms with E-state index in [2.05, 4.69) is 5.32 Å². The van der Waals surface area contributed by atoms with E-state index in [1.54, 1.807) is 32.2 Å². The Morgan fingerprint density at radius 3 is 2.57 bits per heavy atom. The van der Waals surface area contributed by atoms with Crippen molar-refractivity contribution in [1.82, 2.24) is 5.32 Å². The second-order valence-corrected chi connectivity index (χ2v) is 5.30. The molecule has 6 heteroatoms. The lowest BCUT2D eigenvalue weighted by molar-refractivity contribution is -0.143. The molecule has 0 aliphatic carbocycles. The lowest BCUT2D eigenvalue weighted by Crippen LogP contribution is -2.49. The van der Waals surface area contributed by atoms with Gasteiger partial charge in [0.15, 0.2) is 5.76 Å². The molecule has 1 aromatic heterocycles. The number of ether oxygens (including phenoxy) is 1. The summed E-state index contributed by atoms with van der Waals surface area (Å²) in [4.78, 5) is 23.3. The van der Waals surface area contributed by atoms with E-state index in [1.807, 2.05) is 0 Å². The Labute approximate surface area is 121 Å². The molecule has 0 fully saturated rings. The number of aliphatic carboxylic acids is 1. The smallest absolute Gasteiger partial charge is 0.328 e. The van der Waals surface area contributed by atoms with Gasteiger partial charge in [-0.25, -0.2) is 4.79 Å². The minimum absolute atomic E-state index is 0.104. The molecule has 21 heavy (non-hydrogen) atoms. The van der Waals surface area contributed by atoms with Crippen LogP contribution >= 0.6 is 0 Å². The third-order valence-corrected chi connectivity index (χ3v) is 3.31. The third-order valence-electron chi connectivity index (χ3n) is 3.31. The molecule has 1 heterocycles. The van der Waals surface area contributed by atoms with Gasteiger partial charge < -0.3 is 19.6 Å². The number of nitrogens with one attached hydrogen (secondary N) is 1. The van der Waals surface area contributed by atoms with Crippen LogP contribution < -0.4 is 10.1 Å². The van der Waals surface area contributed by atoms with E-state index in [0.29, 0.717) is 16.9 Å². The number of carbonyl (C=O) groups excluding carboxylic acids is 1. The summed E-state index contributed by atoms with van der Waals surface area (Å²) < 4.78 is 10.7. The molecule has 2 rings (SSSR count). The van der Waals surface area contributed by atoms with E-state index >= 15 is 0 Å². The van der Waals surface area contributed by atoms with Crippen LogP contribution in [0.3, 0.4) is 0 Å². The van der Waals surface area contributed by atoms with Gasteiger partial charge in [-0.2, -0.15) is 0 Å². The summed E-state index contributed by atoms with van der Waals surface area (Å²) in [5.74, 6) is -0.918. The molecule has 1 aromatic carbocycles. The van der Waals surface area contributed by atoms with E-state index in [9.17, 15) is 9.59 Å². The molecule has 2 N–H and O–H groups in total. The second kappa shape index (κ2) is 5.12. The number of carboxylic acid groups (broad SMARTS) is 1. The quantitative estimate of drug-likeness (QED) is 0.902. The summed E-state index contributed by atoms with van der Waals surface area (Å²) in [5, 5.41) is 12.2. The van der Waals surface area contributed by atoms with Crippen molar-refractivity contribution in [1.29, 1.82) is 0 Å². The van der Waals surface area contributed by atoms with Gasteiger partial charge in [0.05, 0.1) is 7.11 Å². The lowest BCUT2D eigenvalue weighted by Gasteiger charge is -2.20. The van der Waals surface area contributed by atoms with Crippen molar-refractivity contribution >= 4 is 22.8 Å². The predicted octanol–water partition coefficient (Wildman–Crippen LogP) is 2.34. The summed E-state index contributed by atoms with van der Waals surface area (Å²) in [6.07, 6.45) is 0. The van der Waals surface area contributed by atoms with E-state index in [1.165, 1.54) is 13.8 Å². The van der Waals surface area contributed by atoms with Gasteiger partial charge in [0.2, 0.25) is 0 Å². The van der Waals surface area contributed by atoms with Crippen LogP contribution in [0, 0.1) is 6.92 Å². The van der Waals surface area contributed by atoms with Crippen molar-refractivity contribution in [3.05, 3.63) is 29.5 Å². The average molecular weight is 291 g/mol. The Bertz CT molecular complexity index is 714. The number of carbonyl (C=O) groups is 2. The minimum atomic E-state index is -1.37. The van der Waals surface area contributed by atoms with Gasteiger partial charge in [0, 0.05) is 10.9 Å². The fourth-order valence-corrected chi connectivity index (χ4v) is 1.94. The number of benzene rings is 1. The molecule has 0 saturated heterocycles. The van der Waals surface area contributed by atoms with E-state index in [4.69, 9.17) is 14.3 Å². The number of hydrogen-bond donors (Lipinski definition) is 2. The first-order valence-corrected chi connectivity index (χ1v) is 6.39. The van der Waals surface area contributed by atoms with Crippen LogP contribution in [0.1, 0.15) is 30.0 Å². The van der Waals surface area contributed by atoms with E-state index in [-0.39, 0.29) is 5.76 Å². The standard InChI is InChI=1S/C15H17NO5/c1-8-10-7-9(20-4)5-6-11(10)21-12(8)13(17)16-15(2,3)14(18)19/h5-7H,1-4H3,(H,16,17)(H,18,19). The van der Waals surface area contributed by atoms with Crippen LogP contribution in [-0.4, -0.2) is 29.6 Å². The summed E-state index contributed by atoms with van der Waals surface area (Å²) in [6, 6.07) is 5.21. The van der Waals surface area contributed by atoms with Crippen molar-refractivity contribution < 1.29 is 23.8 Å². The zero-order valence-electron chi connectivity index (χ0n) is 12.3. The van der Waals surface area contributed by atoms with Gasteiger partial charge in [-0.1, -0.05) is 0 Å². The number of amides is 1. The van der Waals surface area contributed by atoms with Gasteiger partial charge >= 0.3 is 5.97 Å². The Kier molecular flexibility index (Phi) is 3.63. The van der Waals surface area contributed by atoms with Gasteiger partial charge in [-0.3, -0.25) is 4.79 Å². The fourth-order valence-electron chi connectivity index (χ4n) is 1.94. The van der Waals surface area contributed by atoms with Crippen LogP contribution in [0.5, 0.6) is 5.75 Å². The molecule has 0 aliphatic rings. The van der Waals surface area contributed by atoms with Crippen molar-refractivity contribution in [2.24, 2.45) is 0 Å². The molecule has 0 bridgehead atoms. The molecule has 0 unspecified atom stereocenters. The van der Waals surface area contributed by atoms with E-state index < -0.39 is 17.4 Å². The monoisotopic (exact) mass is 291 g/mol. The van der Waals surface area contributed by atoms with Crippen LogP contribution in [0.25, 0.3) is 11.0 Å². The van der Waals surface area contributed by atoms with Crippen molar-refractivity contribution in [2.45, 2.75) is 26.3 Å². The number of furan rings is 1. The topological polar surface area (TPSA) is 88.8 Å². The van der Waals surface area contributed by atoms with Crippen LogP contribution in [0.4, 0.5) is 0 Å². The molecule has 0 atom stereocenters. The number of hydrogen-bond acceptors (Lipinski definition) is 4. The highest BCUT2D eigenvalue weighted by atomic mass is 16.5. The van der Waals surface area contributed by atoms with Gasteiger partial charge in [-0.05, 0) is 39.0 Å². The van der Waals surface area contributed by atoms with Gasteiger partial charge in [-0.15, -0.1) is 0 Å². The molecule has 0 radical (unpaired) electrons. The molecule has 6 nitrogen and oxygen atoms in total. The Morgan fingerprint density at radius 1 is 1.33 bits per heavy atom. The number of methoxy groups -OCH3 is 1. The molecule has 1 amide bonds. The molecule has 0 spiro atoms. The molecule has 2 aromatic rings. The summed E-state index contributed by atoms with van der Waals surface area (Å²) >= 11 is 0. The predicted molar refractivity (Wildman–Crippen MR) is 76.7 cm³/mol. The Morgan fingerprint density at radius 2 is 2.00 bits per heavy atom. The normalized spacial score (nSPS) is 11.4. The van der Waals surface area contributed by atoms with Crippen LogP contribution in [-0.2, 0) is 4.79 Å². The fraction of sp³-hybridized carbons (Fsp3) is 0.333. The summed E-state index contributed by atoms with van der Waals surface area (Å²) in [7, 11) is 1.56. The average Bonchev–Trinajstić information content (AvgIpc) is 2.75. The maximum absolute atomic E-state index is 12.2. The highest BCUT2D eigenvalue weighted by molar-refractivity contribution is 6.01. The van der Waals surface area contributed by atoms with Crippen molar-refractivity contribution in [3.8, 4) is 5.75 Å². The third kappa shape index (κ3) is 2.69. The number of carboxylic acids is 1. The highest BCUT2D eigenvalue weighted by Gasteiger charge is 2.31. The molecule has 112 valence electrons. The van der Waals surface area contributed by atoms with Crippen molar-refractivity contribution in [3.63, 3.8) is 0 Å². The summed E-state index contributed by atoms with van der Waals surface area (Å²) in [5.41, 5.74) is -0.186. The van der Waals surface area contributed by atoms with Crippen LogP contribution in [0.2, 0.25) is 0 Å². The first-order valence-electron chi connectivity index (χ1n) is 6.39. The Hall–Kier alpha value is -2.50. The number of fused-ring (bicyclic) bond motifs is 1. The maximum Gasteiger partial charge on any atom is 0.328 e. The zero-order valence-corrected chi connectivity index (χ0v) is 12.3. The van der Waals surface area contributed by atoms with Crippen molar-refractivity contribution in [2.75, 3.05) is 7.11 Å². The van der Waals surface area contributed by atoms with E-state index in [0.717, 1.165) is 5.39 Å². The second-order valence-electron chi connectivity index (χ2n) is 5.30. The molecule has 0 aliphatic heterocycles. The molecular weight excluding hydrogens is 274 g/mol. The first kappa shape index (κ1) is 14.9. The zero-order chi connectivity index (χ0) is 15.8. The van der Waals surface area contributed by atoms with Gasteiger partial charge in [0.1, 0.15) is 16.9 Å². The van der Waals surface area contributed by atoms with Crippen LogP contribution in [0.15, 0.2) is 22.6 Å². The number of aryl methyl sites for hydroxylation is 1. The molecular formula is C15H17NO5. The highest BCUT2D eigenvalue weighted by Crippen LogP contribution is 2.29. The summed E-state index contributed by atoms with van der Waals surface area (Å²) in [6.45, 7) is 4.57. The SMILES string of the molecule is COc1ccc2oc(C(=O)NC(C)(C)C(=O)O)c(C)c2c1. The maximum atomic E-state index is 12.2. The molecule has 0 saturated carbocycles.